The third-order valence-corrected chi connectivity index (χ3v) is 8.65. The first-order chi connectivity index (χ1) is 21.2. The smallest absolute Gasteiger partial charge is 0.419 e. The molecule has 242 valence electrons. The van der Waals surface area contributed by atoms with Gasteiger partial charge in [-0.25, -0.2) is 19.5 Å². The maximum Gasteiger partial charge on any atom is 0.419 e. The number of piperazine rings is 1. The summed E-state index contributed by atoms with van der Waals surface area (Å²) in [7, 11) is 2.17. The Hall–Kier alpha value is -3.73. The maximum atomic E-state index is 13.0. The van der Waals surface area contributed by atoms with Crippen LogP contribution in [0.2, 0.25) is 0 Å². The highest BCUT2D eigenvalue weighted by Crippen LogP contribution is 2.46. The number of ether oxygens (including phenoxy) is 2. The molecular weight excluding hydrogens is 570 g/mol. The summed E-state index contributed by atoms with van der Waals surface area (Å²) in [6.07, 6.45) is 6.50. The van der Waals surface area contributed by atoms with Crippen LogP contribution in [-0.2, 0) is 9.47 Å². The van der Waals surface area contributed by atoms with Crippen LogP contribution in [0.1, 0.15) is 84.9 Å². The fourth-order valence-corrected chi connectivity index (χ4v) is 6.02. The Morgan fingerprint density at radius 1 is 0.933 bits per heavy atom. The van der Waals surface area contributed by atoms with E-state index in [1.165, 1.54) is 5.69 Å². The average Bonchev–Trinajstić information content (AvgIpc) is 3.69. The second-order valence-corrected chi connectivity index (χ2v) is 15.0. The summed E-state index contributed by atoms with van der Waals surface area (Å²) >= 11 is 0. The van der Waals surface area contributed by atoms with Gasteiger partial charge < -0.3 is 19.3 Å². The predicted octanol–water partition coefficient (Wildman–Crippen LogP) is 6.25. The van der Waals surface area contributed by atoms with Crippen LogP contribution in [0, 0.1) is 5.92 Å². The molecule has 2 aromatic heterocycles. The molecule has 0 unspecified atom stereocenters. The van der Waals surface area contributed by atoms with Gasteiger partial charge in [0, 0.05) is 56.1 Å². The standard InChI is InChI=1S/C34H47N7O4/c1-33(2,3)44-31(42)40(32(43)45-34(4,5)6)20-22-16-25(17-22)41-21-26(30(37-41)23-8-9-23)29-19-35-28-18-24(10-11-27(28)36-29)39-14-12-38(7)13-15-39/h10-11,18-19,21-23,25H,8-9,12-17,20H2,1-7H3. The van der Waals surface area contributed by atoms with Gasteiger partial charge in [0.25, 0.3) is 0 Å². The molecule has 3 aliphatic rings. The summed E-state index contributed by atoms with van der Waals surface area (Å²) in [6.45, 7) is 15.1. The van der Waals surface area contributed by atoms with E-state index < -0.39 is 23.4 Å². The second-order valence-electron chi connectivity index (χ2n) is 15.0. The van der Waals surface area contributed by atoms with Crippen molar-refractivity contribution >= 4 is 28.9 Å². The van der Waals surface area contributed by atoms with E-state index in [4.69, 9.17) is 24.5 Å². The SMILES string of the molecule is CN1CCN(c2ccc3nc(-c4cn(C5CC(CN(C(=O)OC(C)(C)C)C(=O)OC(C)(C)C)C5)nc4C4CC4)cnc3c2)CC1. The first-order valence-corrected chi connectivity index (χ1v) is 16.3. The molecule has 0 N–H and O–H groups in total. The third kappa shape index (κ3) is 7.40. The quantitative estimate of drug-likeness (QED) is 0.318. The Morgan fingerprint density at radius 2 is 1.58 bits per heavy atom. The molecule has 2 saturated carbocycles. The predicted molar refractivity (Wildman–Crippen MR) is 173 cm³/mol. The molecule has 0 bridgehead atoms. The molecule has 3 aromatic rings. The molecule has 1 saturated heterocycles. The molecule has 0 atom stereocenters. The molecule has 3 fully saturated rings. The van der Waals surface area contributed by atoms with Crippen molar-refractivity contribution < 1.29 is 19.1 Å². The summed E-state index contributed by atoms with van der Waals surface area (Å²) in [5.41, 5.74) is 4.52. The highest BCUT2D eigenvalue weighted by molar-refractivity contribution is 5.88. The van der Waals surface area contributed by atoms with E-state index in [-0.39, 0.29) is 18.5 Å². The number of anilines is 1. The zero-order chi connectivity index (χ0) is 32.1. The van der Waals surface area contributed by atoms with Gasteiger partial charge in [-0.1, -0.05) is 0 Å². The zero-order valence-corrected chi connectivity index (χ0v) is 27.7. The minimum atomic E-state index is -0.720. The van der Waals surface area contributed by atoms with Crippen molar-refractivity contribution in [3.63, 3.8) is 0 Å². The summed E-state index contributed by atoms with van der Waals surface area (Å²) < 4.78 is 13.1. The lowest BCUT2D eigenvalue weighted by molar-refractivity contribution is -0.00642. The van der Waals surface area contributed by atoms with Crippen molar-refractivity contribution in [2.24, 2.45) is 5.92 Å². The van der Waals surface area contributed by atoms with Crippen molar-refractivity contribution in [1.29, 1.82) is 0 Å². The summed E-state index contributed by atoms with van der Waals surface area (Å²) in [4.78, 5) is 41.7. The number of hydrogen-bond acceptors (Lipinski definition) is 9. The van der Waals surface area contributed by atoms with Crippen molar-refractivity contribution in [2.45, 2.75) is 90.4 Å². The number of carbonyl (C=O) groups is 2. The van der Waals surface area contributed by atoms with E-state index in [1.54, 1.807) is 41.5 Å². The second kappa shape index (κ2) is 11.9. The summed E-state index contributed by atoms with van der Waals surface area (Å²) in [5.74, 6) is 0.575. The average molecular weight is 618 g/mol. The van der Waals surface area contributed by atoms with Crippen molar-refractivity contribution in [2.75, 3.05) is 44.7 Å². The van der Waals surface area contributed by atoms with Gasteiger partial charge in [-0.3, -0.25) is 9.67 Å². The van der Waals surface area contributed by atoms with Gasteiger partial charge in [-0.2, -0.15) is 5.10 Å². The Balaban J connectivity index is 1.16. The molecule has 2 aliphatic carbocycles. The van der Waals surface area contributed by atoms with Crippen LogP contribution < -0.4 is 4.90 Å². The van der Waals surface area contributed by atoms with Crippen LogP contribution >= 0.6 is 0 Å². The molecule has 2 amide bonds. The first kappa shape index (κ1) is 31.3. The van der Waals surface area contributed by atoms with Crippen molar-refractivity contribution in [1.82, 2.24) is 29.5 Å². The fraction of sp³-hybridized carbons (Fsp3) is 0.618. The number of amides is 2. The topological polar surface area (TPSA) is 106 Å². The minimum absolute atomic E-state index is 0.127. The molecule has 11 heteroatoms. The highest BCUT2D eigenvalue weighted by atomic mass is 16.6. The van der Waals surface area contributed by atoms with Crippen molar-refractivity contribution in [3.05, 3.63) is 36.3 Å². The molecule has 1 aromatic carbocycles. The molecular formula is C34H47N7O4. The van der Waals surface area contributed by atoms with E-state index in [0.717, 1.165) is 84.7 Å². The van der Waals surface area contributed by atoms with E-state index in [9.17, 15) is 9.59 Å². The lowest BCUT2D eigenvalue weighted by Gasteiger charge is -2.38. The van der Waals surface area contributed by atoms with Gasteiger partial charge >= 0.3 is 12.2 Å². The fourth-order valence-electron chi connectivity index (χ4n) is 6.02. The number of fused-ring (bicyclic) bond motifs is 1. The van der Waals surface area contributed by atoms with E-state index in [1.807, 2.05) is 6.20 Å². The number of aromatic nitrogens is 4. The lowest BCUT2D eigenvalue weighted by Crippen LogP contribution is -2.47. The summed E-state index contributed by atoms with van der Waals surface area (Å²) in [6, 6.07) is 6.57. The van der Waals surface area contributed by atoms with Gasteiger partial charge in [0.05, 0.1) is 34.7 Å². The first-order valence-electron chi connectivity index (χ1n) is 16.3. The summed E-state index contributed by atoms with van der Waals surface area (Å²) in [5, 5.41) is 5.05. The molecule has 11 nitrogen and oxygen atoms in total. The number of carbonyl (C=O) groups excluding carboxylic acids is 2. The lowest BCUT2D eigenvalue weighted by atomic mass is 9.80. The van der Waals surface area contributed by atoms with Gasteiger partial charge in [-0.15, -0.1) is 0 Å². The van der Waals surface area contributed by atoms with E-state index in [0.29, 0.717) is 5.92 Å². The van der Waals surface area contributed by atoms with Gasteiger partial charge in [0.15, 0.2) is 0 Å². The highest BCUT2D eigenvalue weighted by Gasteiger charge is 2.39. The van der Waals surface area contributed by atoms with Crippen LogP contribution in [0.15, 0.2) is 30.6 Å². The van der Waals surface area contributed by atoms with Crippen molar-refractivity contribution in [3.8, 4) is 11.3 Å². The number of benzene rings is 1. The number of nitrogens with zero attached hydrogens (tertiary/aromatic N) is 7. The zero-order valence-electron chi connectivity index (χ0n) is 27.7. The molecule has 0 spiro atoms. The molecule has 6 rings (SSSR count). The minimum Gasteiger partial charge on any atom is -0.443 e. The largest absolute Gasteiger partial charge is 0.443 e. The molecule has 45 heavy (non-hydrogen) atoms. The normalized spacial score (nSPS) is 21.0. The monoisotopic (exact) mass is 617 g/mol. The van der Waals surface area contributed by atoms with Gasteiger partial charge in [0.2, 0.25) is 0 Å². The van der Waals surface area contributed by atoms with Crippen LogP contribution in [0.4, 0.5) is 15.3 Å². The van der Waals surface area contributed by atoms with Crippen LogP contribution in [-0.4, -0.2) is 92.7 Å². The Bertz CT molecular complexity index is 1530. The van der Waals surface area contributed by atoms with E-state index in [2.05, 4.69) is 45.9 Å². The van der Waals surface area contributed by atoms with E-state index >= 15 is 0 Å². The Morgan fingerprint density at radius 3 is 2.18 bits per heavy atom. The van der Waals surface area contributed by atoms with Crippen LogP contribution in [0.5, 0.6) is 0 Å². The van der Waals surface area contributed by atoms with Gasteiger partial charge in [-0.05, 0) is 98.4 Å². The number of hydrogen-bond donors (Lipinski definition) is 0. The van der Waals surface area contributed by atoms with Gasteiger partial charge in [0.1, 0.15) is 11.2 Å². The Kier molecular flexibility index (Phi) is 8.26. The molecule has 0 radical (unpaired) electrons. The maximum absolute atomic E-state index is 13.0. The number of imide groups is 1. The number of likely N-dealkylation sites (N-methyl/N-ethyl adjacent to an activating group) is 1. The number of rotatable bonds is 6. The third-order valence-electron chi connectivity index (χ3n) is 8.65. The Labute approximate surface area is 265 Å². The van der Waals surface area contributed by atoms with Crippen LogP contribution in [0.25, 0.3) is 22.3 Å². The molecule has 1 aliphatic heterocycles. The van der Waals surface area contributed by atoms with Crippen LogP contribution in [0.3, 0.4) is 0 Å². The molecule has 3 heterocycles.